The summed E-state index contributed by atoms with van der Waals surface area (Å²) in [5, 5.41) is 27.6. The van der Waals surface area contributed by atoms with Crippen molar-refractivity contribution in [2.24, 2.45) is 5.92 Å². The molecule has 4 rings (SSSR count). The first-order chi connectivity index (χ1) is 19.9. The monoisotopic (exact) mass is 556 g/mol. The lowest BCUT2D eigenvalue weighted by molar-refractivity contribution is -0.136. The number of hydrogen-bond acceptors (Lipinski definition) is 7. The third-order valence-corrected chi connectivity index (χ3v) is 6.47. The Balaban J connectivity index is 1.55. The summed E-state index contributed by atoms with van der Waals surface area (Å²) in [4.78, 5) is 25.6. The molecule has 1 heterocycles. The van der Waals surface area contributed by atoms with Crippen molar-refractivity contribution in [1.82, 2.24) is 20.6 Å². The molecule has 0 spiro atoms. The van der Waals surface area contributed by atoms with E-state index in [4.69, 9.17) is 9.47 Å². The van der Waals surface area contributed by atoms with Crippen molar-refractivity contribution in [3.8, 4) is 17.3 Å². The van der Waals surface area contributed by atoms with Crippen LogP contribution in [-0.4, -0.2) is 45.1 Å². The SMILES string of the molecule is C=CC(C(=O)NC(Cc1ccccc1)C(=O)NO)C(O)c1cc(OCc2ccc(OC)cc2)n(-c2ccccc2)n1. The minimum Gasteiger partial charge on any atom is -0.497 e. The van der Waals surface area contributed by atoms with Gasteiger partial charge in [0.2, 0.25) is 11.8 Å². The van der Waals surface area contributed by atoms with Crippen LogP contribution in [0.4, 0.5) is 0 Å². The maximum Gasteiger partial charge on any atom is 0.266 e. The molecular formula is C31H32N4O6. The lowest BCUT2D eigenvalue weighted by Gasteiger charge is -2.22. The van der Waals surface area contributed by atoms with E-state index >= 15 is 0 Å². The third-order valence-electron chi connectivity index (χ3n) is 6.47. The third kappa shape index (κ3) is 7.38. The van der Waals surface area contributed by atoms with Gasteiger partial charge in [-0.15, -0.1) is 6.58 Å². The van der Waals surface area contributed by atoms with Gasteiger partial charge in [0.15, 0.2) is 0 Å². The second kappa shape index (κ2) is 13.9. The number of aromatic nitrogens is 2. The van der Waals surface area contributed by atoms with Gasteiger partial charge in [0.05, 0.1) is 24.4 Å². The van der Waals surface area contributed by atoms with Gasteiger partial charge in [0, 0.05) is 12.5 Å². The van der Waals surface area contributed by atoms with Gasteiger partial charge in [-0.2, -0.15) is 5.10 Å². The fourth-order valence-corrected chi connectivity index (χ4v) is 4.23. The largest absolute Gasteiger partial charge is 0.497 e. The second-order valence-corrected chi connectivity index (χ2v) is 9.22. The molecule has 0 saturated heterocycles. The standard InChI is InChI=1S/C31H32N4O6/c1-3-25(30(37)32-27(31(38)34-39)18-21-10-6-4-7-11-21)29(36)26-19-28(35(33-26)23-12-8-5-9-13-23)41-20-22-14-16-24(40-2)17-15-22/h3-17,19,25,27,29,36,39H,1,18,20H2,2H3,(H,32,37)(H,34,38). The van der Waals surface area contributed by atoms with Crippen LogP contribution in [0, 0.1) is 5.92 Å². The fourth-order valence-electron chi connectivity index (χ4n) is 4.23. The molecule has 41 heavy (non-hydrogen) atoms. The number of benzene rings is 3. The van der Waals surface area contributed by atoms with Gasteiger partial charge in [0.25, 0.3) is 5.91 Å². The molecule has 10 heteroatoms. The summed E-state index contributed by atoms with van der Waals surface area (Å²) < 4.78 is 12.8. The predicted octanol–water partition coefficient (Wildman–Crippen LogP) is 3.53. The van der Waals surface area contributed by atoms with Crippen LogP contribution in [0.1, 0.15) is 22.9 Å². The van der Waals surface area contributed by atoms with Crippen molar-refractivity contribution in [3.05, 3.63) is 120 Å². The number of amides is 2. The van der Waals surface area contributed by atoms with E-state index < -0.39 is 29.9 Å². The van der Waals surface area contributed by atoms with Gasteiger partial charge in [0.1, 0.15) is 24.5 Å². The average molecular weight is 557 g/mol. The van der Waals surface area contributed by atoms with E-state index in [-0.39, 0.29) is 18.7 Å². The topological polar surface area (TPSA) is 135 Å². The van der Waals surface area contributed by atoms with Crippen LogP contribution in [0.5, 0.6) is 11.6 Å². The summed E-state index contributed by atoms with van der Waals surface area (Å²) in [6.45, 7) is 3.94. The smallest absolute Gasteiger partial charge is 0.266 e. The van der Waals surface area contributed by atoms with Crippen LogP contribution >= 0.6 is 0 Å². The maximum atomic E-state index is 13.3. The summed E-state index contributed by atoms with van der Waals surface area (Å²) >= 11 is 0. The Labute approximate surface area is 237 Å². The van der Waals surface area contributed by atoms with Crippen LogP contribution in [0.2, 0.25) is 0 Å². The van der Waals surface area contributed by atoms with Crippen LogP contribution < -0.4 is 20.3 Å². The Morgan fingerprint density at radius 3 is 2.24 bits per heavy atom. The summed E-state index contributed by atoms with van der Waals surface area (Å²) in [6.07, 6.45) is 0.0104. The minimum absolute atomic E-state index is 0.130. The predicted molar refractivity (Wildman–Crippen MR) is 152 cm³/mol. The zero-order valence-corrected chi connectivity index (χ0v) is 22.5. The number of aliphatic hydroxyl groups excluding tert-OH is 1. The molecule has 2 amide bonds. The van der Waals surface area contributed by atoms with E-state index in [1.807, 2.05) is 60.7 Å². The molecule has 4 N–H and O–H groups in total. The van der Waals surface area contributed by atoms with Gasteiger partial charge in [-0.25, -0.2) is 10.2 Å². The number of hydroxylamine groups is 1. The second-order valence-electron chi connectivity index (χ2n) is 9.22. The average Bonchev–Trinajstić information content (AvgIpc) is 3.45. The van der Waals surface area contributed by atoms with Gasteiger partial charge in [-0.3, -0.25) is 14.8 Å². The number of rotatable bonds is 13. The number of methoxy groups -OCH3 is 1. The lowest BCUT2D eigenvalue weighted by Crippen LogP contribution is -2.49. The molecule has 3 atom stereocenters. The highest BCUT2D eigenvalue weighted by atomic mass is 16.5. The molecule has 4 aromatic rings. The van der Waals surface area contributed by atoms with Crippen molar-refractivity contribution in [3.63, 3.8) is 0 Å². The molecule has 0 bridgehead atoms. The van der Waals surface area contributed by atoms with Crippen LogP contribution in [0.15, 0.2) is 104 Å². The molecule has 3 unspecified atom stereocenters. The minimum atomic E-state index is -1.41. The number of nitrogens with zero attached hydrogens (tertiary/aromatic N) is 2. The van der Waals surface area contributed by atoms with Crippen LogP contribution in [0.25, 0.3) is 5.69 Å². The molecule has 0 aliphatic carbocycles. The number of nitrogens with one attached hydrogen (secondary N) is 2. The van der Waals surface area contributed by atoms with Gasteiger partial charge < -0.3 is 19.9 Å². The Morgan fingerprint density at radius 1 is 0.976 bits per heavy atom. The molecule has 0 saturated carbocycles. The molecule has 1 aromatic heterocycles. The molecule has 10 nitrogen and oxygen atoms in total. The first-order valence-electron chi connectivity index (χ1n) is 12.9. The first kappa shape index (κ1) is 29.1. The Morgan fingerprint density at radius 2 is 1.63 bits per heavy atom. The number of para-hydroxylation sites is 1. The van der Waals surface area contributed by atoms with E-state index in [0.29, 0.717) is 11.6 Å². The van der Waals surface area contributed by atoms with Crippen molar-refractivity contribution in [2.75, 3.05) is 7.11 Å². The van der Waals surface area contributed by atoms with Crippen molar-refractivity contribution in [1.29, 1.82) is 0 Å². The Bertz CT molecular complexity index is 1440. The summed E-state index contributed by atoms with van der Waals surface area (Å²) in [5.74, 6) is -1.53. The zero-order chi connectivity index (χ0) is 29.2. The van der Waals surface area contributed by atoms with E-state index in [2.05, 4.69) is 17.0 Å². The number of carbonyl (C=O) groups excluding carboxylic acids is 2. The molecule has 0 aliphatic heterocycles. The van der Waals surface area contributed by atoms with Crippen molar-refractivity contribution in [2.45, 2.75) is 25.2 Å². The summed E-state index contributed by atoms with van der Waals surface area (Å²) in [6, 6.07) is 26.2. The van der Waals surface area contributed by atoms with E-state index in [1.165, 1.54) is 10.8 Å². The Kier molecular flexibility index (Phi) is 9.87. The van der Waals surface area contributed by atoms with E-state index in [0.717, 1.165) is 16.9 Å². The number of aliphatic hydroxyl groups is 1. The molecular weight excluding hydrogens is 524 g/mol. The molecule has 0 fully saturated rings. The molecule has 212 valence electrons. The molecule has 0 aliphatic rings. The first-order valence-corrected chi connectivity index (χ1v) is 12.9. The molecule has 0 radical (unpaired) electrons. The van der Waals surface area contributed by atoms with Gasteiger partial charge in [-0.05, 0) is 35.4 Å². The quantitative estimate of drug-likeness (QED) is 0.112. The molecule has 3 aromatic carbocycles. The Hall–Kier alpha value is -4.93. The zero-order valence-electron chi connectivity index (χ0n) is 22.5. The van der Waals surface area contributed by atoms with Crippen LogP contribution in [-0.2, 0) is 22.6 Å². The lowest BCUT2D eigenvalue weighted by atomic mass is 9.97. The van der Waals surface area contributed by atoms with Crippen LogP contribution in [0.3, 0.4) is 0 Å². The highest BCUT2D eigenvalue weighted by Crippen LogP contribution is 2.29. The highest BCUT2D eigenvalue weighted by Gasteiger charge is 2.31. The number of carbonyl (C=O) groups is 2. The fraction of sp³-hybridized carbons (Fsp3) is 0.194. The van der Waals surface area contributed by atoms with Gasteiger partial charge >= 0.3 is 0 Å². The van der Waals surface area contributed by atoms with E-state index in [1.54, 1.807) is 42.9 Å². The normalized spacial score (nSPS) is 13.0. The highest BCUT2D eigenvalue weighted by molar-refractivity contribution is 5.89. The van der Waals surface area contributed by atoms with Crippen molar-refractivity contribution >= 4 is 11.8 Å². The number of ether oxygens (including phenoxy) is 2. The maximum absolute atomic E-state index is 13.3. The number of hydrogen-bond donors (Lipinski definition) is 4. The summed E-state index contributed by atoms with van der Waals surface area (Å²) in [5.41, 5.74) is 4.12. The summed E-state index contributed by atoms with van der Waals surface area (Å²) in [7, 11) is 1.60. The van der Waals surface area contributed by atoms with Crippen molar-refractivity contribution < 1.29 is 29.4 Å². The van der Waals surface area contributed by atoms with E-state index in [9.17, 15) is 19.9 Å². The van der Waals surface area contributed by atoms with Gasteiger partial charge in [-0.1, -0.05) is 66.7 Å².